The number of aliphatic hydroxyl groups is 1. The van der Waals surface area contributed by atoms with Gasteiger partial charge in [-0.3, -0.25) is 9.36 Å². The molecule has 3 unspecified atom stereocenters. The number of rotatable bonds is 49. The SMILES string of the molecule is CCCCCCCC/C=C\CCCCCCCCCCCC(=O)NC(COP(=O)([O-])OCC[N+](C)(C)C)C(O)/C=C/CC/C=C/CC/C=C/CCCCCCCCCCCCCCC. The average Bonchev–Trinajstić information content (AvgIpc) is 3.25. The Labute approximate surface area is 397 Å². The molecule has 64 heavy (non-hydrogen) atoms. The molecule has 0 heterocycles. The second kappa shape index (κ2) is 46.6. The number of phosphoric acid groups is 1. The molecule has 0 aliphatic carbocycles. The molecule has 2 N–H and O–H groups in total. The number of phosphoric ester groups is 1. The number of hydrogen-bond acceptors (Lipinski definition) is 6. The van der Waals surface area contributed by atoms with E-state index in [2.05, 4.69) is 55.6 Å². The molecule has 9 heteroatoms. The molecule has 0 aromatic heterocycles. The van der Waals surface area contributed by atoms with Gasteiger partial charge in [-0.25, -0.2) is 0 Å². The van der Waals surface area contributed by atoms with E-state index in [1.807, 2.05) is 27.2 Å². The van der Waals surface area contributed by atoms with E-state index in [0.29, 0.717) is 17.4 Å². The van der Waals surface area contributed by atoms with E-state index in [1.54, 1.807) is 6.08 Å². The molecular formula is C55H105N2O6P. The molecule has 0 fully saturated rings. The molecule has 0 aromatic carbocycles. The third kappa shape index (κ3) is 48.4. The molecule has 1 amide bonds. The molecular weight excluding hydrogens is 816 g/mol. The van der Waals surface area contributed by atoms with Crippen LogP contribution in [0.1, 0.15) is 245 Å². The van der Waals surface area contributed by atoms with Crippen LogP contribution in [0.2, 0.25) is 0 Å². The van der Waals surface area contributed by atoms with Crippen molar-refractivity contribution >= 4 is 13.7 Å². The number of hydrogen-bond donors (Lipinski definition) is 2. The van der Waals surface area contributed by atoms with E-state index in [1.165, 1.54) is 180 Å². The van der Waals surface area contributed by atoms with Gasteiger partial charge in [0.25, 0.3) is 7.82 Å². The lowest BCUT2D eigenvalue weighted by Crippen LogP contribution is -2.45. The molecule has 0 saturated heterocycles. The molecule has 0 spiro atoms. The third-order valence-corrected chi connectivity index (χ3v) is 13.0. The van der Waals surface area contributed by atoms with Crippen molar-refractivity contribution in [1.82, 2.24) is 5.32 Å². The van der Waals surface area contributed by atoms with Crippen molar-refractivity contribution in [3.05, 3.63) is 48.6 Å². The summed E-state index contributed by atoms with van der Waals surface area (Å²) >= 11 is 0. The van der Waals surface area contributed by atoms with Crippen LogP contribution in [0.5, 0.6) is 0 Å². The lowest BCUT2D eigenvalue weighted by Gasteiger charge is -2.29. The Balaban J connectivity index is 4.35. The molecule has 0 bridgehead atoms. The molecule has 0 aliphatic rings. The standard InChI is InChI=1S/C55H105N2O6P/c1-6-8-10-12-14-16-18-20-22-24-26-27-28-29-31-32-34-36-38-40-42-44-46-48-54(58)53(52-63-64(60,61)62-51-50-57(3,4)5)56-55(59)49-47-45-43-41-39-37-35-33-30-25-23-21-19-17-15-13-11-9-7-2/h21,23,31-32,38,40,46,48,53-54,58H,6-20,22,24-30,33-37,39,41-45,47,49-52H2,1-5H3,(H-,56,59,60,61)/b23-21-,32-31+,40-38+,48-46+. The van der Waals surface area contributed by atoms with E-state index in [9.17, 15) is 19.4 Å². The Hall–Kier alpha value is -1.54. The molecule has 0 aliphatic heterocycles. The minimum Gasteiger partial charge on any atom is -0.756 e. The average molecular weight is 921 g/mol. The van der Waals surface area contributed by atoms with Crippen molar-refractivity contribution in [3.63, 3.8) is 0 Å². The van der Waals surface area contributed by atoms with Crippen LogP contribution < -0.4 is 10.2 Å². The Bertz CT molecular complexity index is 1180. The van der Waals surface area contributed by atoms with E-state index < -0.39 is 26.6 Å². The maximum atomic E-state index is 12.9. The lowest BCUT2D eigenvalue weighted by atomic mass is 10.0. The van der Waals surface area contributed by atoms with E-state index in [0.717, 1.165) is 44.9 Å². The second-order valence-electron chi connectivity index (χ2n) is 19.6. The summed E-state index contributed by atoms with van der Waals surface area (Å²) < 4.78 is 23.3. The van der Waals surface area contributed by atoms with Crippen LogP contribution in [0.4, 0.5) is 0 Å². The number of carbonyl (C=O) groups is 1. The fourth-order valence-corrected chi connectivity index (χ4v) is 8.43. The number of allylic oxidation sites excluding steroid dienone is 7. The number of likely N-dealkylation sites (N-methyl/N-ethyl adjacent to an activating group) is 1. The summed E-state index contributed by atoms with van der Waals surface area (Å²) in [5.41, 5.74) is 0. The summed E-state index contributed by atoms with van der Waals surface area (Å²) in [5, 5.41) is 13.8. The van der Waals surface area contributed by atoms with Gasteiger partial charge in [0, 0.05) is 6.42 Å². The van der Waals surface area contributed by atoms with Gasteiger partial charge < -0.3 is 28.8 Å². The molecule has 0 radical (unpaired) electrons. The normalized spacial score (nSPS) is 14.4. The van der Waals surface area contributed by atoms with Crippen LogP contribution in [-0.2, 0) is 18.4 Å². The first-order chi connectivity index (χ1) is 31.0. The summed E-state index contributed by atoms with van der Waals surface area (Å²) in [7, 11) is 1.24. The van der Waals surface area contributed by atoms with E-state index in [-0.39, 0.29) is 12.5 Å². The van der Waals surface area contributed by atoms with Crippen molar-refractivity contribution in [2.45, 2.75) is 257 Å². The van der Waals surface area contributed by atoms with E-state index in [4.69, 9.17) is 9.05 Å². The highest BCUT2D eigenvalue weighted by Gasteiger charge is 2.23. The first kappa shape index (κ1) is 62.5. The van der Waals surface area contributed by atoms with Crippen LogP contribution in [0.3, 0.4) is 0 Å². The predicted octanol–water partition coefficient (Wildman–Crippen LogP) is 15.3. The number of quaternary nitrogens is 1. The number of amides is 1. The number of aliphatic hydroxyl groups excluding tert-OH is 1. The quantitative estimate of drug-likeness (QED) is 0.0272. The lowest BCUT2D eigenvalue weighted by molar-refractivity contribution is -0.870. The zero-order chi connectivity index (χ0) is 47.1. The second-order valence-corrected chi connectivity index (χ2v) is 21.0. The fourth-order valence-electron chi connectivity index (χ4n) is 7.71. The maximum Gasteiger partial charge on any atom is 0.268 e. The summed E-state index contributed by atoms with van der Waals surface area (Å²) in [6.07, 6.45) is 60.3. The predicted molar refractivity (Wildman–Crippen MR) is 274 cm³/mol. The van der Waals surface area contributed by atoms with Gasteiger partial charge in [-0.05, 0) is 70.6 Å². The Morgan fingerprint density at radius 2 is 0.875 bits per heavy atom. The summed E-state index contributed by atoms with van der Waals surface area (Å²) in [4.78, 5) is 25.4. The molecule has 0 aromatic rings. The summed E-state index contributed by atoms with van der Waals surface area (Å²) in [6.45, 7) is 4.63. The highest BCUT2D eigenvalue weighted by molar-refractivity contribution is 7.45. The Morgan fingerprint density at radius 1 is 0.531 bits per heavy atom. The minimum absolute atomic E-state index is 0.00985. The molecule has 3 atom stereocenters. The van der Waals surface area contributed by atoms with Crippen LogP contribution in [0.25, 0.3) is 0 Å². The molecule has 0 saturated carbocycles. The van der Waals surface area contributed by atoms with Gasteiger partial charge in [0.1, 0.15) is 13.2 Å². The van der Waals surface area contributed by atoms with Crippen molar-refractivity contribution in [1.29, 1.82) is 0 Å². The number of nitrogens with one attached hydrogen (secondary N) is 1. The largest absolute Gasteiger partial charge is 0.756 e. The van der Waals surface area contributed by atoms with Crippen molar-refractivity contribution < 1.29 is 32.9 Å². The molecule has 8 nitrogen and oxygen atoms in total. The van der Waals surface area contributed by atoms with Crippen molar-refractivity contribution in [2.75, 3.05) is 40.9 Å². The highest BCUT2D eigenvalue weighted by atomic mass is 31.2. The topological polar surface area (TPSA) is 108 Å². The third-order valence-electron chi connectivity index (χ3n) is 12.0. The zero-order valence-corrected chi connectivity index (χ0v) is 43.6. The maximum absolute atomic E-state index is 12.9. The first-order valence-corrected chi connectivity index (χ1v) is 28.5. The Morgan fingerprint density at radius 3 is 1.27 bits per heavy atom. The zero-order valence-electron chi connectivity index (χ0n) is 42.7. The van der Waals surface area contributed by atoms with Gasteiger partial charge >= 0.3 is 0 Å². The monoisotopic (exact) mass is 921 g/mol. The minimum atomic E-state index is -4.61. The smallest absolute Gasteiger partial charge is 0.268 e. The van der Waals surface area contributed by atoms with Crippen LogP contribution >= 0.6 is 7.82 Å². The molecule has 376 valence electrons. The first-order valence-electron chi connectivity index (χ1n) is 27.0. The van der Waals surface area contributed by atoms with Crippen molar-refractivity contribution in [3.8, 4) is 0 Å². The molecule has 0 rings (SSSR count). The van der Waals surface area contributed by atoms with Gasteiger partial charge in [-0.15, -0.1) is 0 Å². The van der Waals surface area contributed by atoms with Gasteiger partial charge in [-0.1, -0.05) is 217 Å². The van der Waals surface area contributed by atoms with Crippen LogP contribution in [0, 0.1) is 0 Å². The highest BCUT2D eigenvalue weighted by Crippen LogP contribution is 2.38. The van der Waals surface area contributed by atoms with Gasteiger partial charge in [0.2, 0.25) is 5.91 Å². The summed E-state index contributed by atoms with van der Waals surface area (Å²) in [6, 6.07) is -0.911. The fraction of sp³-hybridized carbons (Fsp3) is 0.836. The summed E-state index contributed by atoms with van der Waals surface area (Å²) in [5.74, 6) is -0.213. The Kier molecular flexibility index (Phi) is 45.4. The number of unbranched alkanes of at least 4 members (excludes halogenated alkanes) is 30. The van der Waals surface area contributed by atoms with E-state index >= 15 is 0 Å². The van der Waals surface area contributed by atoms with Gasteiger partial charge in [0.05, 0.1) is 39.9 Å². The number of carbonyl (C=O) groups excluding carboxylic acids is 1. The van der Waals surface area contributed by atoms with Gasteiger partial charge in [0.15, 0.2) is 0 Å². The van der Waals surface area contributed by atoms with Crippen LogP contribution in [0.15, 0.2) is 48.6 Å². The van der Waals surface area contributed by atoms with Crippen molar-refractivity contribution in [2.24, 2.45) is 0 Å². The number of nitrogens with zero attached hydrogens (tertiary/aromatic N) is 1. The van der Waals surface area contributed by atoms with Gasteiger partial charge in [-0.2, -0.15) is 0 Å². The van der Waals surface area contributed by atoms with Crippen LogP contribution in [-0.4, -0.2) is 68.5 Å².